The maximum Gasteiger partial charge on any atom is 0.333 e. The number of aliphatic hydroxyl groups is 1. The van der Waals surface area contributed by atoms with Gasteiger partial charge in [0.15, 0.2) is 23.0 Å². The number of amides is 2. The molecular weight excluding hydrogens is 1150 g/mol. The van der Waals surface area contributed by atoms with E-state index in [1.807, 2.05) is 38.1 Å². The molecule has 25 heteroatoms. The number of nitrogens with zero attached hydrogens (tertiary/aromatic N) is 3. The van der Waals surface area contributed by atoms with Crippen LogP contribution in [0.4, 0.5) is 0 Å². The van der Waals surface area contributed by atoms with Gasteiger partial charge in [-0.2, -0.15) is 0 Å². The van der Waals surface area contributed by atoms with E-state index in [9.17, 15) is 24.3 Å². The lowest BCUT2D eigenvalue weighted by Crippen LogP contribution is -2.46. The summed E-state index contributed by atoms with van der Waals surface area (Å²) in [5.74, 6) is 1.56. The van der Waals surface area contributed by atoms with Gasteiger partial charge in [-0.15, -0.1) is 58.6 Å². The summed E-state index contributed by atoms with van der Waals surface area (Å²) in [6, 6.07) is 13.0. The smallest absolute Gasteiger partial charge is 0.333 e. The second-order valence-electron chi connectivity index (χ2n) is 19.3. The molecule has 3 aliphatic heterocycles. The van der Waals surface area contributed by atoms with Crippen LogP contribution >= 0.6 is 75.5 Å². The van der Waals surface area contributed by atoms with Crippen LogP contribution in [-0.4, -0.2) is 148 Å². The predicted octanol–water partition coefficient (Wildman–Crippen LogP) is 11.3. The molecule has 438 valence electrons. The van der Waals surface area contributed by atoms with E-state index < -0.39 is 17.8 Å². The summed E-state index contributed by atoms with van der Waals surface area (Å²) < 4.78 is 39.7. The van der Waals surface area contributed by atoms with Gasteiger partial charge in [0, 0.05) is 63.9 Å². The Kier molecular flexibility index (Phi) is 37.2. The maximum absolute atomic E-state index is 11.8. The first-order valence-corrected chi connectivity index (χ1v) is 41.3. The van der Waals surface area contributed by atoms with Crippen LogP contribution in [0.2, 0.25) is 0 Å². The van der Waals surface area contributed by atoms with Gasteiger partial charge in [0.2, 0.25) is 0 Å². The van der Waals surface area contributed by atoms with E-state index in [1.54, 1.807) is 28.4 Å². The molecule has 16 nitrogen and oxygen atoms in total. The Morgan fingerprint density at radius 1 is 0.636 bits per heavy atom. The Balaban J connectivity index is 0.000000296. The third-order valence-electron chi connectivity index (χ3n) is 13.5. The fraction of sp³-hybridized carbons (Fsp3) is 0.692. The highest BCUT2D eigenvalue weighted by Gasteiger charge is 2.37. The summed E-state index contributed by atoms with van der Waals surface area (Å²) >= 11 is 0. The number of likely N-dealkylation sites (tertiary alicyclic amines) is 2. The number of hydrogen-bond donors (Lipinski definition) is 1. The molecule has 13 atom stereocenters. The standard InChI is InChI=1S/C24H37NO5.C20H31NO4.C8H11NO4.H7P5.H6P4/c1-4-7-24(26)30-19-12-14-25(17-19)20-8-5-6-9-21(20)29-15-13-18-10-11-22(27-2)23(16-18)28-3;1-23-19-8-7-15(13-20(19)24-2)10-12-25-18-6-4-3-5-17(18)21-11-9-16(22)14-21;1-2-3-8(12)13-9-6(10)4-5-7(9)11;1-4-5(2)3;1-4(2)3/h10-11,16,19-21H,4-9,12-15,17H2,1-3H3;7-8,13,16-18,22H,3-6,9-12,14H2,1-2H3;2-5H2,1H3;4H,1-3H2;1-3H2/t19-,20-,21-;16-,17-,18-;;;/m11.../s1. The summed E-state index contributed by atoms with van der Waals surface area (Å²) in [5.41, 5.74) is 2.38. The lowest BCUT2D eigenvalue weighted by Gasteiger charge is -2.37. The zero-order chi connectivity index (χ0) is 56.7. The number of hydrogen-bond acceptors (Lipinski definition) is 15. The van der Waals surface area contributed by atoms with Crippen molar-refractivity contribution in [3.63, 3.8) is 0 Å². The van der Waals surface area contributed by atoms with Crippen LogP contribution in [0, 0.1) is 0 Å². The minimum Gasteiger partial charge on any atom is -0.493 e. The Morgan fingerprint density at radius 3 is 1.48 bits per heavy atom. The molecule has 2 amide bonds. The summed E-state index contributed by atoms with van der Waals surface area (Å²) in [6.07, 6.45) is 16.0. The molecule has 7 unspecified atom stereocenters. The average molecular weight is 1250 g/mol. The molecular formula is C52H92N3O13P9. The van der Waals surface area contributed by atoms with Crippen LogP contribution in [0.25, 0.3) is 0 Å². The summed E-state index contributed by atoms with van der Waals surface area (Å²) in [7, 11) is 23.8. The number of carbonyl (C=O) groups is 4. The van der Waals surface area contributed by atoms with E-state index in [0.717, 1.165) is 109 Å². The van der Waals surface area contributed by atoms with Crippen molar-refractivity contribution in [1.82, 2.24) is 14.9 Å². The van der Waals surface area contributed by atoms with Crippen molar-refractivity contribution in [3.05, 3.63) is 47.5 Å². The lowest BCUT2D eigenvalue weighted by atomic mass is 9.91. The lowest BCUT2D eigenvalue weighted by molar-refractivity contribution is -0.197. The fourth-order valence-corrected chi connectivity index (χ4v) is 9.79. The van der Waals surface area contributed by atoms with Gasteiger partial charge in [0.05, 0.1) is 60.0 Å². The first kappa shape index (κ1) is 70.7. The molecule has 2 aliphatic carbocycles. The van der Waals surface area contributed by atoms with Crippen molar-refractivity contribution >= 4 is 99.3 Å². The van der Waals surface area contributed by atoms with Crippen molar-refractivity contribution < 1.29 is 62.3 Å². The zero-order valence-electron chi connectivity index (χ0n) is 46.4. The SMILES string of the molecule is CCCC(=O)ON1C(=O)CCC1=O.CCCC(=O)O[C@@H]1CCN([C@@H]2CCCC[C@H]2OCCc2ccc(OC)c(OC)c2)C1.COc1ccc(CCO[C@@H]2CCCC[C@H]2N2CC[C@@H](O)C2)cc1OC.PP(P)P.PPP(P)P. The summed E-state index contributed by atoms with van der Waals surface area (Å²) in [5, 5.41) is 10.4. The minimum atomic E-state index is -0.536. The number of ether oxygens (including phenoxy) is 7. The third kappa shape index (κ3) is 27.1. The predicted molar refractivity (Wildman–Crippen MR) is 336 cm³/mol. The highest BCUT2D eigenvalue weighted by molar-refractivity contribution is 8.77. The molecule has 1 N–H and O–H groups in total. The number of methoxy groups -OCH3 is 4. The molecule has 3 saturated heterocycles. The molecule has 2 aromatic rings. The van der Waals surface area contributed by atoms with Crippen molar-refractivity contribution in [2.45, 2.75) is 166 Å². The number of rotatable bonds is 21. The third-order valence-corrected chi connectivity index (χ3v) is 25.5. The van der Waals surface area contributed by atoms with Crippen LogP contribution in [-0.2, 0) is 51.1 Å². The second kappa shape index (κ2) is 40.6. The molecule has 3 heterocycles. The van der Waals surface area contributed by atoms with E-state index in [2.05, 4.69) is 80.3 Å². The van der Waals surface area contributed by atoms with Gasteiger partial charge in [-0.3, -0.25) is 24.2 Å². The minimum absolute atomic E-state index is 0.0402. The molecule has 5 aliphatic rings. The molecule has 0 radical (unpaired) electrons. The number of imide groups is 1. The second-order valence-corrected chi connectivity index (χ2v) is 44.8. The number of β-amino-alcohol motifs (C(OH)–C–C–N with tert-alkyl or cyclic N) is 1. The Bertz CT molecular complexity index is 2020. The molecule has 7 rings (SSSR count). The van der Waals surface area contributed by atoms with E-state index in [0.29, 0.717) is 49.3 Å². The van der Waals surface area contributed by atoms with Gasteiger partial charge in [-0.05, 0) is 114 Å². The Labute approximate surface area is 478 Å². The van der Waals surface area contributed by atoms with E-state index in [4.69, 9.17) is 33.2 Å². The quantitative estimate of drug-likeness (QED) is 0.0710. The Morgan fingerprint density at radius 2 is 1.06 bits per heavy atom. The van der Waals surface area contributed by atoms with Crippen molar-refractivity contribution in [2.24, 2.45) is 0 Å². The molecule has 77 heavy (non-hydrogen) atoms. The van der Waals surface area contributed by atoms with Crippen molar-refractivity contribution in [3.8, 4) is 23.0 Å². The first-order valence-electron chi connectivity index (χ1n) is 26.9. The molecule has 0 spiro atoms. The van der Waals surface area contributed by atoms with Gasteiger partial charge in [-0.1, -0.05) is 59.6 Å². The van der Waals surface area contributed by atoms with Crippen LogP contribution in [0.15, 0.2) is 36.4 Å². The van der Waals surface area contributed by atoms with Gasteiger partial charge < -0.3 is 43.1 Å². The van der Waals surface area contributed by atoms with Crippen LogP contribution in [0.5, 0.6) is 23.0 Å². The van der Waals surface area contributed by atoms with Crippen LogP contribution in [0.1, 0.15) is 128 Å². The Hall–Kier alpha value is -0.610. The number of benzene rings is 2. The number of hydroxylamine groups is 2. The average Bonchev–Trinajstić information content (AvgIpc) is 4.16. The topological polar surface area (TPSA) is 172 Å². The number of esters is 1. The van der Waals surface area contributed by atoms with Gasteiger partial charge >= 0.3 is 11.9 Å². The summed E-state index contributed by atoms with van der Waals surface area (Å²) in [6.45, 7) is 9.23. The van der Waals surface area contributed by atoms with Crippen LogP contribution in [0.3, 0.4) is 0 Å². The monoisotopic (exact) mass is 1250 g/mol. The highest BCUT2D eigenvalue weighted by Crippen LogP contribution is 2.71. The van der Waals surface area contributed by atoms with E-state index in [-0.39, 0.29) is 57.5 Å². The number of aliphatic hydroxyl groups excluding tert-OH is 1. The largest absolute Gasteiger partial charge is 0.493 e. The normalized spacial score (nSPS) is 22.5. The highest BCUT2D eigenvalue weighted by atomic mass is 32.8. The van der Waals surface area contributed by atoms with E-state index >= 15 is 0 Å². The fourth-order valence-electron chi connectivity index (χ4n) is 9.79. The van der Waals surface area contributed by atoms with Gasteiger partial charge in [0.1, 0.15) is 6.10 Å². The maximum atomic E-state index is 11.8. The van der Waals surface area contributed by atoms with Crippen molar-refractivity contribution in [2.75, 3.05) is 67.8 Å². The van der Waals surface area contributed by atoms with E-state index in [1.165, 1.54) is 43.2 Å². The van der Waals surface area contributed by atoms with Gasteiger partial charge in [0.25, 0.3) is 11.8 Å². The molecule has 0 aromatic heterocycles. The van der Waals surface area contributed by atoms with Gasteiger partial charge in [-0.25, -0.2) is 4.79 Å². The van der Waals surface area contributed by atoms with Crippen LogP contribution < -0.4 is 18.9 Å². The molecule has 2 aromatic carbocycles. The van der Waals surface area contributed by atoms with Crippen molar-refractivity contribution in [1.29, 1.82) is 0 Å². The number of carbonyl (C=O) groups excluding carboxylic acids is 4. The first-order chi connectivity index (χ1) is 37.0. The molecule has 0 bridgehead atoms. The zero-order valence-corrected chi connectivity index (χ0v) is 56.2. The molecule has 2 saturated carbocycles. The molecule has 5 fully saturated rings. The summed E-state index contributed by atoms with van der Waals surface area (Å²) in [4.78, 5) is 54.1.